The van der Waals surface area contributed by atoms with Crippen molar-refractivity contribution in [1.29, 1.82) is 0 Å². The molecule has 0 aromatic carbocycles. The van der Waals surface area contributed by atoms with Gasteiger partial charge in [-0.3, -0.25) is 4.79 Å². The molecule has 1 rings (SSSR count). The standard InChI is InChI=1S/C11H22N2O/c1-9-5-3-2-4-6-10(9)13-8-7-11(12)14/h9-10,13H,2-8H2,1H3,(H2,12,14). The topological polar surface area (TPSA) is 55.1 Å². The fraction of sp³-hybridized carbons (Fsp3) is 0.909. The second kappa shape index (κ2) is 6.02. The third kappa shape index (κ3) is 4.09. The fourth-order valence-electron chi connectivity index (χ4n) is 2.18. The lowest BCUT2D eigenvalue weighted by Crippen LogP contribution is -2.36. The highest BCUT2D eigenvalue weighted by atomic mass is 16.1. The summed E-state index contributed by atoms with van der Waals surface area (Å²) in [6.07, 6.45) is 7.06. The zero-order chi connectivity index (χ0) is 10.4. The third-order valence-electron chi connectivity index (χ3n) is 3.14. The molecule has 3 heteroatoms. The predicted octanol–water partition coefficient (Wildman–Crippen LogP) is 1.42. The molecule has 3 nitrogen and oxygen atoms in total. The molecule has 1 saturated carbocycles. The molecule has 0 aromatic heterocycles. The van der Waals surface area contributed by atoms with E-state index in [1.54, 1.807) is 0 Å². The lowest BCUT2D eigenvalue weighted by atomic mass is 9.97. The second-order valence-electron chi connectivity index (χ2n) is 4.39. The largest absolute Gasteiger partial charge is 0.370 e. The molecule has 1 amide bonds. The summed E-state index contributed by atoms with van der Waals surface area (Å²) < 4.78 is 0. The van der Waals surface area contributed by atoms with E-state index in [9.17, 15) is 4.79 Å². The van der Waals surface area contributed by atoms with Crippen LogP contribution in [0.15, 0.2) is 0 Å². The van der Waals surface area contributed by atoms with Gasteiger partial charge in [-0.15, -0.1) is 0 Å². The summed E-state index contributed by atoms with van der Waals surface area (Å²) in [6.45, 7) is 3.04. The van der Waals surface area contributed by atoms with Crippen LogP contribution in [0.4, 0.5) is 0 Å². The van der Waals surface area contributed by atoms with E-state index in [-0.39, 0.29) is 5.91 Å². The normalized spacial score (nSPS) is 28.4. The van der Waals surface area contributed by atoms with Crippen molar-refractivity contribution in [2.75, 3.05) is 6.54 Å². The quantitative estimate of drug-likeness (QED) is 0.671. The third-order valence-corrected chi connectivity index (χ3v) is 3.14. The van der Waals surface area contributed by atoms with E-state index in [0.717, 1.165) is 12.5 Å². The monoisotopic (exact) mass is 198 g/mol. The van der Waals surface area contributed by atoms with E-state index in [2.05, 4.69) is 12.2 Å². The SMILES string of the molecule is CC1CCCCCC1NCCC(N)=O. The number of hydrogen-bond acceptors (Lipinski definition) is 2. The summed E-state index contributed by atoms with van der Waals surface area (Å²) in [4.78, 5) is 10.6. The second-order valence-corrected chi connectivity index (χ2v) is 4.39. The van der Waals surface area contributed by atoms with Crippen LogP contribution in [0.3, 0.4) is 0 Å². The van der Waals surface area contributed by atoms with Crippen molar-refractivity contribution in [3.8, 4) is 0 Å². The Balaban J connectivity index is 2.22. The highest BCUT2D eigenvalue weighted by Gasteiger charge is 2.18. The average molecular weight is 198 g/mol. The molecule has 2 unspecified atom stereocenters. The van der Waals surface area contributed by atoms with Gasteiger partial charge in [-0.1, -0.05) is 26.2 Å². The predicted molar refractivity (Wildman–Crippen MR) is 57.9 cm³/mol. The number of carbonyl (C=O) groups excluding carboxylic acids is 1. The molecule has 1 aliphatic carbocycles. The summed E-state index contributed by atoms with van der Waals surface area (Å²) in [6, 6.07) is 0.594. The van der Waals surface area contributed by atoms with Crippen LogP contribution in [0, 0.1) is 5.92 Å². The van der Waals surface area contributed by atoms with Crippen LogP contribution in [-0.4, -0.2) is 18.5 Å². The fourth-order valence-corrected chi connectivity index (χ4v) is 2.18. The first-order valence-electron chi connectivity index (χ1n) is 5.72. The van der Waals surface area contributed by atoms with Gasteiger partial charge in [-0.05, 0) is 18.8 Å². The van der Waals surface area contributed by atoms with Crippen LogP contribution in [-0.2, 0) is 4.79 Å². The van der Waals surface area contributed by atoms with Gasteiger partial charge in [-0.2, -0.15) is 0 Å². The molecule has 0 bridgehead atoms. The van der Waals surface area contributed by atoms with Crippen molar-refractivity contribution in [2.24, 2.45) is 11.7 Å². The molecule has 2 atom stereocenters. The van der Waals surface area contributed by atoms with E-state index in [0.29, 0.717) is 12.5 Å². The molecule has 3 N–H and O–H groups in total. The first kappa shape index (κ1) is 11.5. The van der Waals surface area contributed by atoms with Crippen molar-refractivity contribution >= 4 is 5.91 Å². The number of carbonyl (C=O) groups is 1. The molecule has 1 fully saturated rings. The Bertz CT molecular complexity index is 182. The van der Waals surface area contributed by atoms with Crippen molar-refractivity contribution < 1.29 is 4.79 Å². The number of rotatable bonds is 4. The Morgan fingerprint density at radius 3 is 2.79 bits per heavy atom. The van der Waals surface area contributed by atoms with Gasteiger partial charge in [0.2, 0.25) is 5.91 Å². The Hall–Kier alpha value is -0.570. The van der Waals surface area contributed by atoms with Crippen molar-refractivity contribution in [3.05, 3.63) is 0 Å². The molecule has 0 spiro atoms. The summed E-state index contributed by atoms with van der Waals surface area (Å²) in [7, 11) is 0. The Morgan fingerprint density at radius 2 is 2.07 bits per heavy atom. The van der Waals surface area contributed by atoms with E-state index >= 15 is 0 Å². The maximum Gasteiger partial charge on any atom is 0.218 e. The van der Waals surface area contributed by atoms with Crippen molar-refractivity contribution in [3.63, 3.8) is 0 Å². The molecule has 0 aromatic rings. The number of nitrogens with two attached hydrogens (primary N) is 1. The molecule has 14 heavy (non-hydrogen) atoms. The minimum Gasteiger partial charge on any atom is -0.370 e. The lowest BCUT2D eigenvalue weighted by Gasteiger charge is -2.22. The van der Waals surface area contributed by atoms with Gasteiger partial charge in [0, 0.05) is 19.0 Å². The molecule has 0 radical (unpaired) electrons. The molecule has 82 valence electrons. The first-order chi connectivity index (χ1) is 6.70. The first-order valence-corrected chi connectivity index (χ1v) is 5.72. The van der Waals surface area contributed by atoms with Crippen LogP contribution in [0.5, 0.6) is 0 Å². The van der Waals surface area contributed by atoms with Crippen LogP contribution in [0.1, 0.15) is 45.4 Å². The molecule has 0 heterocycles. The Kier molecular flexibility index (Phi) is 4.94. The molecule has 1 aliphatic rings. The highest BCUT2D eigenvalue weighted by molar-refractivity contribution is 5.73. The summed E-state index contributed by atoms with van der Waals surface area (Å²) in [5.74, 6) is 0.532. The summed E-state index contributed by atoms with van der Waals surface area (Å²) in [5, 5.41) is 3.44. The van der Waals surface area contributed by atoms with Crippen LogP contribution < -0.4 is 11.1 Å². The van der Waals surface area contributed by atoms with Crippen LogP contribution in [0.25, 0.3) is 0 Å². The summed E-state index contributed by atoms with van der Waals surface area (Å²) in [5.41, 5.74) is 5.09. The zero-order valence-electron chi connectivity index (χ0n) is 9.09. The average Bonchev–Trinajstić information content (AvgIpc) is 2.31. The van der Waals surface area contributed by atoms with Gasteiger partial charge in [0.1, 0.15) is 0 Å². The highest BCUT2D eigenvalue weighted by Crippen LogP contribution is 2.22. The van der Waals surface area contributed by atoms with Gasteiger partial charge >= 0.3 is 0 Å². The van der Waals surface area contributed by atoms with Gasteiger partial charge in [-0.25, -0.2) is 0 Å². The van der Waals surface area contributed by atoms with Gasteiger partial charge in [0.05, 0.1) is 0 Å². The van der Waals surface area contributed by atoms with E-state index in [1.807, 2.05) is 0 Å². The van der Waals surface area contributed by atoms with Crippen molar-refractivity contribution in [1.82, 2.24) is 5.32 Å². The number of nitrogens with one attached hydrogen (secondary N) is 1. The number of primary amides is 1. The minimum absolute atomic E-state index is 0.209. The van der Waals surface area contributed by atoms with E-state index < -0.39 is 0 Å². The Labute approximate surface area is 86.4 Å². The van der Waals surface area contributed by atoms with E-state index in [4.69, 9.17) is 5.73 Å². The van der Waals surface area contributed by atoms with E-state index in [1.165, 1.54) is 32.1 Å². The Morgan fingerprint density at radius 1 is 1.36 bits per heavy atom. The molecule has 0 saturated heterocycles. The summed E-state index contributed by atoms with van der Waals surface area (Å²) >= 11 is 0. The van der Waals surface area contributed by atoms with Gasteiger partial charge in [0.25, 0.3) is 0 Å². The lowest BCUT2D eigenvalue weighted by molar-refractivity contribution is -0.117. The maximum atomic E-state index is 10.6. The zero-order valence-corrected chi connectivity index (χ0v) is 9.09. The minimum atomic E-state index is -0.209. The number of amides is 1. The van der Waals surface area contributed by atoms with Crippen molar-refractivity contribution in [2.45, 2.75) is 51.5 Å². The maximum absolute atomic E-state index is 10.6. The molecule has 0 aliphatic heterocycles. The van der Waals surface area contributed by atoms with Gasteiger partial charge in [0.15, 0.2) is 0 Å². The molecular weight excluding hydrogens is 176 g/mol. The smallest absolute Gasteiger partial charge is 0.218 e. The van der Waals surface area contributed by atoms with Crippen LogP contribution in [0.2, 0.25) is 0 Å². The van der Waals surface area contributed by atoms with Gasteiger partial charge < -0.3 is 11.1 Å². The van der Waals surface area contributed by atoms with Crippen LogP contribution >= 0.6 is 0 Å². The number of hydrogen-bond donors (Lipinski definition) is 2. The molecular formula is C11H22N2O.